The number of benzene rings is 2. The first kappa shape index (κ1) is 18.5. The lowest BCUT2D eigenvalue weighted by atomic mass is 9.87. The molecule has 1 heteroatoms. The summed E-state index contributed by atoms with van der Waals surface area (Å²) < 4.78 is 0. The van der Waals surface area contributed by atoms with Crippen LogP contribution in [0.5, 0.6) is 0 Å². The molecule has 0 bridgehead atoms. The number of rotatable bonds is 2. The van der Waals surface area contributed by atoms with Crippen LogP contribution >= 0.6 is 10.5 Å². The second kappa shape index (κ2) is 6.63. The number of allylic oxidation sites excluding steroid dienone is 2. The lowest BCUT2D eigenvalue weighted by Gasteiger charge is -2.23. The van der Waals surface area contributed by atoms with Crippen molar-refractivity contribution in [2.45, 2.75) is 58.1 Å². The maximum atomic E-state index is 2.55. The molecular formula is C26H30S. The molecule has 0 amide bonds. The van der Waals surface area contributed by atoms with Gasteiger partial charge in [-0.3, -0.25) is 0 Å². The summed E-state index contributed by atoms with van der Waals surface area (Å²) in [5.74, 6) is 0. The fourth-order valence-corrected chi connectivity index (χ4v) is 6.95. The highest BCUT2D eigenvalue weighted by Crippen LogP contribution is 2.49. The molecule has 0 aliphatic heterocycles. The van der Waals surface area contributed by atoms with Crippen molar-refractivity contribution in [3.63, 3.8) is 0 Å². The molecule has 0 nitrogen and oxygen atoms in total. The van der Waals surface area contributed by atoms with E-state index in [4.69, 9.17) is 0 Å². The molecule has 0 fully saturated rings. The second-order valence-electron chi connectivity index (χ2n) is 9.04. The van der Waals surface area contributed by atoms with Crippen molar-refractivity contribution >= 4 is 15.3 Å². The van der Waals surface area contributed by atoms with E-state index in [2.05, 4.69) is 96.2 Å². The van der Waals surface area contributed by atoms with Crippen molar-refractivity contribution in [2.75, 3.05) is 0 Å². The van der Waals surface area contributed by atoms with Crippen LogP contribution in [0.3, 0.4) is 0 Å². The van der Waals surface area contributed by atoms with Gasteiger partial charge in [0.1, 0.15) is 0 Å². The van der Waals surface area contributed by atoms with Crippen LogP contribution in [0.2, 0.25) is 0 Å². The third-order valence-electron chi connectivity index (χ3n) is 5.77. The fraction of sp³-hybridized carbons (Fsp3) is 0.346. The molecule has 27 heavy (non-hydrogen) atoms. The predicted molar refractivity (Wildman–Crippen MR) is 122 cm³/mol. The van der Waals surface area contributed by atoms with Crippen LogP contribution in [0.4, 0.5) is 0 Å². The zero-order valence-electron chi connectivity index (χ0n) is 17.4. The van der Waals surface area contributed by atoms with E-state index >= 15 is 0 Å². The van der Waals surface area contributed by atoms with Crippen LogP contribution in [-0.2, 0) is 6.42 Å². The zero-order chi connectivity index (χ0) is 19.3. The molecule has 0 saturated carbocycles. The Balaban J connectivity index is 1.85. The molecule has 2 unspecified atom stereocenters. The van der Waals surface area contributed by atoms with Gasteiger partial charge in [0.05, 0.1) is 0 Å². The van der Waals surface area contributed by atoms with Crippen LogP contribution in [0, 0.1) is 5.41 Å². The quantitative estimate of drug-likeness (QED) is 0.410. The van der Waals surface area contributed by atoms with Crippen LogP contribution in [0.25, 0.3) is 11.1 Å². The molecule has 0 spiro atoms. The second-order valence-corrected chi connectivity index (χ2v) is 11.5. The van der Waals surface area contributed by atoms with Gasteiger partial charge in [-0.2, -0.15) is 0 Å². The summed E-state index contributed by atoms with van der Waals surface area (Å²) in [5.41, 5.74) is 9.10. The first-order chi connectivity index (χ1) is 12.8. The van der Waals surface area contributed by atoms with E-state index in [0.29, 0.717) is 5.25 Å². The zero-order valence-corrected chi connectivity index (χ0v) is 18.2. The van der Waals surface area contributed by atoms with E-state index in [0.717, 1.165) is 6.42 Å². The van der Waals surface area contributed by atoms with Crippen LogP contribution < -0.4 is 0 Å². The van der Waals surface area contributed by atoms with Crippen molar-refractivity contribution in [2.24, 2.45) is 5.41 Å². The lowest BCUT2D eigenvalue weighted by molar-refractivity contribution is 0.518. The number of hydrogen-bond donors (Lipinski definition) is 0. The van der Waals surface area contributed by atoms with Crippen molar-refractivity contribution < 1.29 is 0 Å². The normalized spacial score (nSPS) is 19.3. The molecule has 0 N–H and O–H groups in total. The first-order valence-electron chi connectivity index (χ1n) is 9.91. The van der Waals surface area contributed by atoms with Gasteiger partial charge in [-0.15, -0.1) is 10.5 Å². The van der Waals surface area contributed by atoms with Gasteiger partial charge in [-0.25, -0.2) is 0 Å². The van der Waals surface area contributed by atoms with Crippen molar-refractivity contribution in [1.29, 1.82) is 0 Å². The minimum Gasteiger partial charge on any atom is -0.144 e. The molecule has 0 aromatic heterocycles. The Labute approximate surface area is 167 Å². The minimum absolute atomic E-state index is 0.101. The van der Waals surface area contributed by atoms with E-state index in [-0.39, 0.29) is 15.9 Å². The van der Waals surface area contributed by atoms with Crippen molar-refractivity contribution in [3.8, 4) is 11.1 Å². The maximum Gasteiger partial charge on any atom is 0.0436 e. The fourth-order valence-electron chi connectivity index (χ4n) is 4.34. The Morgan fingerprint density at radius 1 is 0.963 bits per heavy atom. The average Bonchev–Trinajstić information content (AvgIpc) is 3.16. The third kappa shape index (κ3) is 3.17. The van der Waals surface area contributed by atoms with Crippen LogP contribution in [0.15, 0.2) is 70.7 Å². The highest BCUT2D eigenvalue weighted by atomic mass is 32.2. The summed E-state index contributed by atoms with van der Waals surface area (Å²) >= 11 is 0. The standard InChI is InChI=1S/C26H30S/c1-17(2)27(25-16-20(14-18(25)3)26(4,5)6)24-13-9-12-22-21-11-8-7-10-19(21)15-23(22)24/h7-14,16,25H,15H2,1-6H3. The molecule has 2 aromatic rings. The molecule has 0 saturated heterocycles. The molecule has 2 aromatic carbocycles. The van der Waals surface area contributed by atoms with Gasteiger partial charge in [0, 0.05) is 10.1 Å². The lowest BCUT2D eigenvalue weighted by Crippen LogP contribution is -2.08. The summed E-state index contributed by atoms with van der Waals surface area (Å²) in [6.45, 7) is 13.9. The molecule has 2 atom stereocenters. The number of hydrogen-bond acceptors (Lipinski definition) is 0. The molecule has 4 rings (SSSR count). The van der Waals surface area contributed by atoms with Crippen molar-refractivity contribution in [3.05, 3.63) is 76.9 Å². The predicted octanol–water partition coefficient (Wildman–Crippen LogP) is 7.40. The molecule has 140 valence electrons. The summed E-state index contributed by atoms with van der Waals surface area (Å²) in [4.78, 5) is 3.08. The molecule has 0 radical (unpaired) electrons. The Bertz CT molecular complexity index is 1000. The molecule has 2 aliphatic carbocycles. The third-order valence-corrected chi connectivity index (χ3v) is 8.52. The first-order valence-corrected chi connectivity index (χ1v) is 11.2. The van der Waals surface area contributed by atoms with Crippen LogP contribution in [-0.4, -0.2) is 10.1 Å². The van der Waals surface area contributed by atoms with Crippen LogP contribution in [0.1, 0.15) is 52.7 Å². The SMILES string of the molecule is CC1=CC(C(C)(C)C)=CC1S(=C(C)C)c1cccc2c1Cc1ccccc1-2. The van der Waals surface area contributed by atoms with E-state index in [1.807, 2.05) is 0 Å². The highest BCUT2D eigenvalue weighted by molar-refractivity contribution is 8.16. The average molecular weight is 375 g/mol. The van der Waals surface area contributed by atoms with Gasteiger partial charge in [-0.1, -0.05) is 74.9 Å². The van der Waals surface area contributed by atoms with Gasteiger partial charge in [0.25, 0.3) is 0 Å². The van der Waals surface area contributed by atoms with Gasteiger partial charge in [-0.05, 0) is 71.4 Å². The maximum absolute atomic E-state index is 2.55. The summed E-state index contributed by atoms with van der Waals surface area (Å²) in [6, 6.07) is 15.9. The van der Waals surface area contributed by atoms with Gasteiger partial charge >= 0.3 is 0 Å². The van der Waals surface area contributed by atoms with Crippen molar-refractivity contribution in [1.82, 2.24) is 0 Å². The van der Waals surface area contributed by atoms with Gasteiger partial charge < -0.3 is 0 Å². The Kier molecular flexibility index (Phi) is 4.55. The Morgan fingerprint density at radius 3 is 2.33 bits per heavy atom. The summed E-state index contributed by atoms with van der Waals surface area (Å²) in [7, 11) is 0.101. The van der Waals surface area contributed by atoms with E-state index < -0.39 is 0 Å². The molecule has 0 heterocycles. The van der Waals surface area contributed by atoms with Gasteiger partial charge in [0.2, 0.25) is 0 Å². The molecule has 2 aliphatic rings. The smallest absolute Gasteiger partial charge is 0.0436 e. The Morgan fingerprint density at radius 2 is 1.67 bits per heavy atom. The number of fused-ring (bicyclic) bond motifs is 3. The topological polar surface area (TPSA) is 0 Å². The largest absolute Gasteiger partial charge is 0.144 e. The van der Waals surface area contributed by atoms with E-state index in [1.165, 1.54) is 32.7 Å². The summed E-state index contributed by atoms with van der Waals surface area (Å²) in [6.07, 6.45) is 6.06. The highest BCUT2D eigenvalue weighted by Gasteiger charge is 2.29. The summed E-state index contributed by atoms with van der Waals surface area (Å²) in [5, 5.41) is 0.499. The molecular weight excluding hydrogens is 344 g/mol. The monoisotopic (exact) mass is 374 g/mol. The minimum atomic E-state index is 0.101. The Hall–Kier alpha value is -1.86. The van der Waals surface area contributed by atoms with Gasteiger partial charge in [0.15, 0.2) is 0 Å². The van der Waals surface area contributed by atoms with E-state index in [1.54, 1.807) is 10.5 Å². The van der Waals surface area contributed by atoms with E-state index in [9.17, 15) is 0 Å².